The molecule has 0 bridgehead atoms. The van der Waals surface area contributed by atoms with E-state index in [4.69, 9.17) is 15.1 Å². The highest BCUT2D eigenvalue weighted by Crippen LogP contribution is 2.18. The van der Waals surface area contributed by atoms with Crippen LogP contribution in [-0.2, 0) is 20.3 Å². The van der Waals surface area contributed by atoms with Crippen molar-refractivity contribution in [1.82, 2.24) is 10.8 Å². The maximum absolute atomic E-state index is 12.5. The van der Waals surface area contributed by atoms with Crippen LogP contribution in [0.25, 0.3) is 0 Å². The lowest BCUT2D eigenvalue weighted by Crippen LogP contribution is -2.58. The molecular formula is C20H24N2O6S. The van der Waals surface area contributed by atoms with Crippen molar-refractivity contribution < 1.29 is 28.8 Å². The van der Waals surface area contributed by atoms with Crippen molar-refractivity contribution in [1.29, 1.82) is 0 Å². The predicted molar refractivity (Wildman–Crippen MR) is 108 cm³/mol. The van der Waals surface area contributed by atoms with Gasteiger partial charge in [0.15, 0.2) is 0 Å². The third-order valence-electron chi connectivity index (χ3n) is 4.18. The van der Waals surface area contributed by atoms with Crippen LogP contribution in [-0.4, -0.2) is 63.2 Å². The first-order valence-electron chi connectivity index (χ1n) is 8.51. The number of hydrogen-bond donors (Lipinski definition) is 4. The molecule has 3 atom stereocenters. The summed E-state index contributed by atoms with van der Waals surface area (Å²) in [5.74, 6) is 9.19. The van der Waals surface area contributed by atoms with Gasteiger partial charge in [0.05, 0.1) is 11.4 Å². The van der Waals surface area contributed by atoms with Gasteiger partial charge in [-0.25, -0.2) is 5.48 Å². The molecule has 29 heavy (non-hydrogen) atoms. The molecule has 2 unspecified atom stereocenters. The first-order valence-corrected chi connectivity index (χ1v) is 10.1. The molecule has 0 aliphatic heterocycles. The summed E-state index contributed by atoms with van der Waals surface area (Å²) in [6.45, 7) is 2.87. The summed E-state index contributed by atoms with van der Waals surface area (Å²) in [6.07, 6.45) is 0.816. The largest absolute Gasteiger partial charge is 0.393 e. The Balaban J connectivity index is 2.93. The molecular weight excluding hydrogens is 396 g/mol. The fourth-order valence-electron chi connectivity index (χ4n) is 2.10. The number of carbonyl (C=O) groups is 2. The smallest absolute Gasteiger partial charge is 0.267 e. The van der Waals surface area contributed by atoms with Gasteiger partial charge >= 0.3 is 0 Å². The van der Waals surface area contributed by atoms with Gasteiger partial charge in [0.25, 0.3) is 11.8 Å². The number of methoxy groups -OCH3 is 1. The molecule has 4 N–H and O–H groups in total. The Kier molecular flexibility index (Phi) is 9.53. The minimum absolute atomic E-state index is 0.229. The summed E-state index contributed by atoms with van der Waals surface area (Å²) in [6, 6.07) is 5.03. The van der Waals surface area contributed by atoms with Crippen LogP contribution in [0.3, 0.4) is 0 Å². The van der Waals surface area contributed by atoms with E-state index in [9.17, 15) is 13.8 Å². The average Bonchev–Trinajstić information content (AvgIpc) is 2.71. The number of benzene rings is 1. The second kappa shape index (κ2) is 11.3. The summed E-state index contributed by atoms with van der Waals surface area (Å²) in [5.41, 5.74) is 2.36. The molecule has 1 aromatic rings. The van der Waals surface area contributed by atoms with Crippen molar-refractivity contribution in [3.8, 4) is 23.7 Å². The van der Waals surface area contributed by atoms with E-state index in [0.717, 1.165) is 0 Å². The van der Waals surface area contributed by atoms with Gasteiger partial charge in [-0.3, -0.25) is 19.0 Å². The first kappa shape index (κ1) is 24.3. The third-order valence-corrected chi connectivity index (χ3v) is 5.90. The van der Waals surface area contributed by atoms with Crippen molar-refractivity contribution in [2.45, 2.75) is 30.7 Å². The molecule has 0 heterocycles. The van der Waals surface area contributed by atoms with E-state index in [0.29, 0.717) is 5.56 Å². The number of ether oxygens (including phenoxy) is 1. The summed E-state index contributed by atoms with van der Waals surface area (Å²) in [4.78, 5) is 24.4. The Morgan fingerprint density at radius 3 is 2.34 bits per heavy atom. The third kappa shape index (κ3) is 7.00. The Labute approximate surface area is 172 Å². The van der Waals surface area contributed by atoms with Gasteiger partial charge in [-0.2, -0.15) is 0 Å². The van der Waals surface area contributed by atoms with Crippen LogP contribution in [0.1, 0.15) is 29.8 Å². The number of nitrogens with one attached hydrogen (secondary N) is 2. The van der Waals surface area contributed by atoms with Crippen LogP contribution in [0.2, 0.25) is 0 Å². The second-order valence-corrected chi connectivity index (χ2v) is 8.40. The van der Waals surface area contributed by atoms with E-state index in [2.05, 4.69) is 29.0 Å². The zero-order valence-electron chi connectivity index (χ0n) is 16.6. The molecule has 2 amide bonds. The molecule has 156 valence electrons. The zero-order valence-corrected chi connectivity index (χ0v) is 17.4. The van der Waals surface area contributed by atoms with Gasteiger partial charge in [0.1, 0.15) is 12.1 Å². The van der Waals surface area contributed by atoms with Crippen molar-refractivity contribution in [2.75, 3.05) is 20.0 Å². The van der Waals surface area contributed by atoms with Crippen molar-refractivity contribution in [3.05, 3.63) is 35.4 Å². The number of aliphatic hydroxyl groups excluding tert-OH is 1. The quantitative estimate of drug-likeness (QED) is 0.275. The molecule has 0 aliphatic carbocycles. The van der Waals surface area contributed by atoms with Gasteiger partial charge in [-0.05, 0) is 50.0 Å². The highest BCUT2D eigenvalue weighted by atomic mass is 32.2. The average molecular weight is 420 g/mol. The van der Waals surface area contributed by atoms with E-state index in [1.165, 1.54) is 31.0 Å². The Morgan fingerprint density at radius 2 is 1.86 bits per heavy atom. The molecule has 0 saturated carbocycles. The standard InChI is InChI=1S/C20H24N2O6S/c1-20(2,29(4)27)17(19(25)22-26)21-18(24)15-11-9-14(10-12-15)7-5-6-8-16(13-23)28-3/h9-12,16-17,23,26H,13H2,1-4H3,(H,21,24)(H,22,25)/t16?,17-,29?/m1/s1. The number of carbonyl (C=O) groups excluding carboxylic acids is 2. The molecule has 0 aliphatic rings. The zero-order chi connectivity index (χ0) is 22.0. The van der Waals surface area contributed by atoms with Gasteiger partial charge < -0.3 is 15.2 Å². The summed E-state index contributed by atoms with van der Waals surface area (Å²) in [5, 5.41) is 20.4. The van der Waals surface area contributed by atoms with E-state index in [1.54, 1.807) is 26.0 Å². The Morgan fingerprint density at radius 1 is 1.24 bits per heavy atom. The number of rotatable bonds is 7. The highest BCUT2D eigenvalue weighted by Gasteiger charge is 2.39. The molecule has 0 saturated heterocycles. The van der Waals surface area contributed by atoms with Crippen LogP contribution in [0.15, 0.2) is 24.3 Å². The van der Waals surface area contributed by atoms with Gasteiger partial charge in [-0.15, -0.1) is 0 Å². The van der Waals surface area contributed by atoms with E-state index < -0.39 is 39.5 Å². The topological polar surface area (TPSA) is 125 Å². The van der Waals surface area contributed by atoms with E-state index >= 15 is 0 Å². The van der Waals surface area contributed by atoms with Crippen LogP contribution < -0.4 is 10.8 Å². The maximum Gasteiger partial charge on any atom is 0.267 e. The number of aliphatic hydroxyl groups is 1. The van der Waals surface area contributed by atoms with Gasteiger partial charge in [-0.1, -0.05) is 11.8 Å². The van der Waals surface area contributed by atoms with Crippen LogP contribution in [0.5, 0.6) is 0 Å². The van der Waals surface area contributed by atoms with Crippen LogP contribution >= 0.6 is 0 Å². The first-order chi connectivity index (χ1) is 13.7. The normalized spacial score (nSPS) is 13.6. The van der Waals surface area contributed by atoms with Crippen molar-refractivity contribution in [3.63, 3.8) is 0 Å². The fraction of sp³-hybridized carbons (Fsp3) is 0.400. The molecule has 0 fully saturated rings. The Hall–Kier alpha value is -2.69. The minimum atomic E-state index is -1.46. The van der Waals surface area contributed by atoms with Crippen LogP contribution in [0.4, 0.5) is 0 Å². The number of hydrogen-bond acceptors (Lipinski definition) is 6. The SMILES string of the molecule is COC(C#CC#Cc1ccc(C(=O)N[C@H](C(=O)NO)C(C)(C)S(C)=O)cc1)CO. The lowest BCUT2D eigenvalue weighted by molar-refractivity contribution is -0.131. The van der Waals surface area contributed by atoms with Crippen molar-refractivity contribution >= 4 is 22.6 Å². The summed E-state index contributed by atoms with van der Waals surface area (Å²) in [7, 11) is -0.0256. The number of amides is 2. The monoisotopic (exact) mass is 420 g/mol. The molecule has 1 rings (SSSR count). The second-order valence-electron chi connectivity index (χ2n) is 6.44. The lowest BCUT2D eigenvalue weighted by atomic mass is 10.0. The van der Waals surface area contributed by atoms with Crippen LogP contribution in [0, 0.1) is 23.7 Å². The summed E-state index contributed by atoms with van der Waals surface area (Å²) >= 11 is 0. The Bertz CT molecular complexity index is 870. The lowest BCUT2D eigenvalue weighted by Gasteiger charge is -2.31. The molecule has 0 spiro atoms. The molecule has 1 aromatic carbocycles. The minimum Gasteiger partial charge on any atom is -0.393 e. The van der Waals surface area contributed by atoms with Gasteiger partial charge in [0, 0.05) is 35.3 Å². The predicted octanol–water partition coefficient (Wildman–Crippen LogP) is -0.190. The number of hydroxylamine groups is 1. The summed E-state index contributed by atoms with van der Waals surface area (Å²) < 4.78 is 15.7. The maximum atomic E-state index is 12.5. The van der Waals surface area contributed by atoms with Crippen molar-refractivity contribution in [2.24, 2.45) is 0 Å². The van der Waals surface area contributed by atoms with E-state index in [-0.39, 0.29) is 12.2 Å². The molecule has 0 aromatic heterocycles. The van der Waals surface area contributed by atoms with E-state index in [1.807, 2.05) is 0 Å². The van der Waals surface area contributed by atoms with Gasteiger partial charge in [0.2, 0.25) is 0 Å². The molecule has 8 nitrogen and oxygen atoms in total. The molecule has 0 radical (unpaired) electrons. The fourth-order valence-corrected chi connectivity index (χ4v) is 2.60. The molecule has 9 heteroatoms. The highest BCUT2D eigenvalue weighted by molar-refractivity contribution is 7.85.